The molecule has 0 radical (unpaired) electrons. The Bertz CT molecular complexity index is 1970. The van der Waals surface area contributed by atoms with Crippen LogP contribution in [0.2, 0.25) is 0 Å². The van der Waals surface area contributed by atoms with Crippen LogP contribution < -0.4 is 16.0 Å². The minimum atomic E-state index is -1.41. The van der Waals surface area contributed by atoms with E-state index in [-0.39, 0.29) is 31.9 Å². The van der Waals surface area contributed by atoms with Crippen molar-refractivity contribution in [3.63, 3.8) is 0 Å². The fourth-order valence-electron chi connectivity index (χ4n) is 8.97. The molecule has 4 aromatic rings. The fraction of sp³-hybridized carbons (Fsp3) is 0.419. The summed E-state index contributed by atoms with van der Waals surface area (Å²) in [5, 5.41) is 9.83. The Hall–Kier alpha value is -5.65. The Morgan fingerprint density at radius 1 is 0.800 bits per heavy atom. The van der Waals surface area contributed by atoms with Crippen molar-refractivity contribution in [3.05, 3.63) is 108 Å². The summed E-state index contributed by atoms with van der Waals surface area (Å²) in [4.78, 5) is 68.8. The first-order valence-corrected chi connectivity index (χ1v) is 19.2. The molecule has 1 aromatic heterocycles. The van der Waals surface area contributed by atoms with Crippen molar-refractivity contribution in [2.45, 2.75) is 76.0 Å². The van der Waals surface area contributed by atoms with E-state index in [4.69, 9.17) is 14.2 Å². The molecule has 0 saturated heterocycles. The lowest BCUT2D eigenvalue weighted by molar-refractivity contribution is -0.153. The predicted octanol–water partition coefficient (Wildman–Crippen LogP) is 6.13. The minimum Gasteiger partial charge on any atom is -0.446 e. The zero-order valence-electron chi connectivity index (χ0n) is 31.0. The van der Waals surface area contributed by atoms with E-state index in [9.17, 15) is 24.0 Å². The maximum absolute atomic E-state index is 14.3. The Balaban J connectivity index is 0.983. The van der Waals surface area contributed by atoms with E-state index in [0.717, 1.165) is 59.5 Å². The molecule has 3 amide bonds. The van der Waals surface area contributed by atoms with E-state index >= 15 is 0 Å². The van der Waals surface area contributed by atoms with Gasteiger partial charge in [-0.2, -0.15) is 0 Å². The van der Waals surface area contributed by atoms with Crippen molar-refractivity contribution in [1.29, 1.82) is 0 Å². The van der Waals surface area contributed by atoms with Gasteiger partial charge in [0.15, 0.2) is 0 Å². The molecule has 4 fully saturated rings. The molecule has 0 spiro atoms. The molecule has 8 rings (SSSR count). The molecular formula is C43H48N4O8. The number of hydrogen-bond acceptors (Lipinski definition) is 8. The van der Waals surface area contributed by atoms with Gasteiger partial charge in [0.1, 0.15) is 11.6 Å². The highest BCUT2D eigenvalue weighted by Crippen LogP contribution is 2.54. The number of carbonyl (C=O) groups is 5. The second-order valence-electron chi connectivity index (χ2n) is 15.5. The van der Waals surface area contributed by atoms with E-state index in [0.29, 0.717) is 17.4 Å². The number of amides is 3. The normalized spacial score (nSPS) is 22.5. The molecule has 12 nitrogen and oxygen atoms in total. The van der Waals surface area contributed by atoms with Crippen molar-refractivity contribution in [3.8, 4) is 0 Å². The fourth-order valence-corrected chi connectivity index (χ4v) is 8.97. The van der Waals surface area contributed by atoms with Crippen molar-refractivity contribution in [1.82, 2.24) is 20.9 Å². The summed E-state index contributed by atoms with van der Waals surface area (Å²) >= 11 is 0. The van der Waals surface area contributed by atoms with Crippen molar-refractivity contribution >= 4 is 40.7 Å². The van der Waals surface area contributed by atoms with E-state index < -0.39 is 48.2 Å². The number of ether oxygens (including phenoxy) is 3. The number of fused-ring (bicyclic) bond motifs is 1. The molecule has 0 aliphatic heterocycles. The second kappa shape index (κ2) is 16.8. The van der Waals surface area contributed by atoms with Crippen molar-refractivity contribution in [2.75, 3.05) is 13.3 Å². The van der Waals surface area contributed by atoms with Crippen LogP contribution in [0.4, 0.5) is 4.79 Å². The number of carbonyl (C=O) groups excluding carboxylic acids is 5. The Labute approximate surface area is 320 Å². The first-order valence-electron chi connectivity index (χ1n) is 19.2. The molecule has 288 valence electrons. The summed E-state index contributed by atoms with van der Waals surface area (Å²) in [6.07, 6.45) is 6.51. The van der Waals surface area contributed by atoms with Crippen LogP contribution in [-0.2, 0) is 35.0 Å². The van der Waals surface area contributed by atoms with Gasteiger partial charge in [0.2, 0.25) is 18.6 Å². The van der Waals surface area contributed by atoms with Crippen LogP contribution >= 0.6 is 0 Å². The van der Waals surface area contributed by atoms with Gasteiger partial charge in [0, 0.05) is 36.5 Å². The molecule has 55 heavy (non-hydrogen) atoms. The van der Waals surface area contributed by atoms with Crippen LogP contribution in [0.5, 0.6) is 0 Å². The van der Waals surface area contributed by atoms with Gasteiger partial charge in [-0.15, -0.1) is 0 Å². The van der Waals surface area contributed by atoms with E-state index in [2.05, 4.69) is 20.9 Å². The summed E-state index contributed by atoms with van der Waals surface area (Å²) in [6, 6.07) is 24.6. The smallest absolute Gasteiger partial charge is 0.408 e. The third-order valence-electron chi connectivity index (χ3n) is 11.5. The molecule has 4 bridgehead atoms. The SMILES string of the molecule is CC(Cc1c[nH]c2ccccc12)(NC(=O)OC1C2CC3CC(C2)CC1C3)C(=O)NCC(NC(=O)CCC(=O)OCOC(=O)c1ccccc1)c1ccccc1. The van der Waals surface area contributed by atoms with Crippen LogP contribution in [0.25, 0.3) is 10.9 Å². The Morgan fingerprint density at radius 2 is 1.45 bits per heavy atom. The van der Waals surface area contributed by atoms with Crippen molar-refractivity contribution in [2.24, 2.45) is 23.7 Å². The number of rotatable bonds is 15. The monoisotopic (exact) mass is 748 g/mol. The molecule has 4 aliphatic carbocycles. The van der Waals surface area contributed by atoms with Gasteiger partial charge in [-0.1, -0.05) is 66.7 Å². The summed E-state index contributed by atoms with van der Waals surface area (Å²) < 4.78 is 16.2. The number of aromatic amines is 1. The molecule has 4 saturated carbocycles. The second-order valence-corrected chi connectivity index (χ2v) is 15.5. The van der Waals surface area contributed by atoms with Gasteiger partial charge in [-0.05, 0) is 92.0 Å². The summed E-state index contributed by atoms with van der Waals surface area (Å²) in [7, 11) is 0. The predicted molar refractivity (Wildman–Crippen MR) is 203 cm³/mol. The zero-order chi connectivity index (χ0) is 38.4. The summed E-state index contributed by atoms with van der Waals surface area (Å²) in [5.74, 6) is -0.0378. The molecule has 12 heteroatoms. The molecule has 2 atom stereocenters. The van der Waals surface area contributed by atoms with Gasteiger partial charge >= 0.3 is 18.0 Å². The summed E-state index contributed by atoms with van der Waals surface area (Å²) in [6.45, 7) is 1.12. The molecule has 4 aliphatic rings. The summed E-state index contributed by atoms with van der Waals surface area (Å²) in [5.41, 5.74) is 1.42. The average Bonchev–Trinajstić information content (AvgIpc) is 3.59. The quantitative estimate of drug-likeness (QED) is 0.0833. The van der Waals surface area contributed by atoms with Crippen LogP contribution in [-0.4, -0.2) is 59.8 Å². The van der Waals surface area contributed by atoms with Gasteiger partial charge < -0.3 is 35.1 Å². The van der Waals surface area contributed by atoms with E-state index in [1.165, 1.54) is 6.42 Å². The molecule has 1 heterocycles. The average molecular weight is 749 g/mol. The number of esters is 2. The van der Waals surface area contributed by atoms with Crippen molar-refractivity contribution < 1.29 is 38.2 Å². The molecular weight excluding hydrogens is 700 g/mol. The van der Waals surface area contributed by atoms with Gasteiger partial charge in [-0.25, -0.2) is 9.59 Å². The molecule has 2 unspecified atom stereocenters. The van der Waals surface area contributed by atoms with Crippen LogP contribution in [0.1, 0.15) is 79.4 Å². The Morgan fingerprint density at radius 3 is 2.16 bits per heavy atom. The number of benzene rings is 3. The lowest BCUT2D eigenvalue weighted by Gasteiger charge is -2.53. The lowest BCUT2D eigenvalue weighted by Crippen LogP contribution is -2.60. The van der Waals surface area contributed by atoms with Gasteiger partial charge in [-0.3, -0.25) is 14.4 Å². The first kappa shape index (κ1) is 37.7. The number of alkyl carbamates (subject to hydrolysis) is 1. The van der Waals surface area contributed by atoms with Crippen LogP contribution in [0, 0.1) is 23.7 Å². The highest BCUT2D eigenvalue weighted by molar-refractivity contribution is 5.92. The number of para-hydroxylation sites is 1. The van der Waals surface area contributed by atoms with E-state index in [1.54, 1.807) is 37.3 Å². The maximum atomic E-state index is 14.3. The third kappa shape index (κ3) is 9.18. The minimum absolute atomic E-state index is 0.00419. The number of H-pyrrole nitrogens is 1. The Kier molecular flexibility index (Phi) is 11.5. The zero-order valence-corrected chi connectivity index (χ0v) is 31.0. The van der Waals surface area contributed by atoms with Crippen LogP contribution in [0.3, 0.4) is 0 Å². The lowest BCUT2D eigenvalue weighted by atomic mass is 9.55. The maximum Gasteiger partial charge on any atom is 0.408 e. The number of nitrogens with one attached hydrogen (secondary N) is 4. The van der Waals surface area contributed by atoms with Gasteiger partial charge in [0.05, 0.1) is 18.0 Å². The van der Waals surface area contributed by atoms with Gasteiger partial charge in [0.25, 0.3) is 0 Å². The highest BCUT2D eigenvalue weighted by atomic mass is 16.7. The third-order valence-corrected chi connectivity index (χ3v) is 11.5. The molecule has 3 aromatic carbocycles. The standard InChI is InChI=1S/C43H48N4O8/c1-43(23-33-24-44-35-15-9-8-14-34(33)35,47-42(52)55-39-31-19-27-18-28(21-31)22-32(39)20-27)41(51)45-25-36(29-10-4-2-5-11-29)46-37(48)16-17-38(49)53-26-54-40(50)30-12-6-3-7-13-30/h2-15,24,27-28,31-32,36,39,44H,16-23,25-26H2,1H3,(H,45,51)(H,46,48)(H,47,52). The number of aromatic nitrogens is 1. The van der Waals surface area contributed by atoms with Crippen LogP contribution in [0.15, 0.2) is 91.1 Å². The number of hydrogen-bond donors (Lipinski definition) is 4. The van der Waals surface area contributed by atoms with E-state index in [1.807, 2.05) is 60.8 Å². The highest BCUT2D eigenvalue weighted by Gasteiger charge is 2.50. The topological polar surface area (TPSA) is 165 Å². The largest absolute Gasteiger partial charge is 0.446 e. The first-order chi connectivity index (χ1) is 26.6. The molecule has 4 N–H and O–H groups in total.